The Balaban J connectivity index is 2.63. The number of carbonyl (C=O) groups excluding carboxylic acids is 1. The zero-order valence-corrected chi connectivity index (χ0v) is 15.4. The summed E-state index contributed by atoms with van der Waals surface area (Å²) in [7, 11) is 0. The predicted molar refractivity (Wildman–Crippen MR) is 97.2 cm³/mol. The van der Waals surface area contributed by atoms with Gasteiger partial charge in [0.15, 0.2) is 0 Å². The van der Waals surface area contributed by atoms with Crippen LogP contribution in [0.4, 0.5) is 0 Å². The van der Waals surface area contributed by atoms with Gasteiger partial charge in [0.05, 0.1) is 0 Å². The minimum Gasteiger partial charge on any atom is -0.491 e. The van der Waals surface area contributed by atoms with E-state index in [0.29, 0.717) is 25.6 Å². The van der Waals surface area contributed by atoms with Crippen molar-refractivity contribution in [2.24, 2.45) is 0 Å². The molecule has 1 atom stereocenters. The number of hydrogen-bond acceptors (Lipinski definition) is 4. The minimum atomic E-state index is -0.537. The van der Waals surface area contributed by atoms with Crippen LogP contribution < -0.4 is 15.4 Å². The van der Waals surface area contributed by atoms with Crippen molar-refractivity contribution in [3.63, 3.8) is 0 Å². The third-order valence-electron chi connectivity index (χ3n) is 3.65. The van der Waals surface area contributed by atoms with Crippen molar-refractivity contribution in [3.8, 4) is 5.75 Å². The summed E-state index contributed by atoms with van der Waals surface area (Å²) < 4.78 is 5.81. The molecule has 24 heavy (non-hydrogen) atoms. The van der Waals surface area contributed by atoms with Gasteiger partial charge in [0.1, 0.15) is 18.5 Å². The Hall–Kier alpha value is -1.59. The molecule has 5 heteroatoms. The number of aryl methyl sites for hydroxylation is 1. The molecule has 0 aliphatic rings. The molecule has 0 aromatic heterocycles. The largest absolute Gasteiger partial charge is 0.491 e. The van der Waals surface area contributed by atoms with Gasteiger partial charge < -0.3 is 20.5 Å². The van der Waals surface area contributed by atoms with E-state index in [1.54, 1.807) is 0 Å². The molecule has 0 bridgehead atoms. The van der Waals surface area contributed by atoms with Gasteiger partial charge in [0.2, 0.25) is 5.91 Å². The second-order valence-electron chi connectivity index (χ2n) is 6.35. The molecule has 3 N–H and O–H groups in total. The highest BCUT2D eigenvalue weighted by molar-refractivity contribution is 5.75. The van der Waals surface area contributed by atoms with Crippen LogP contribution in [0.2, 0.25) is 0 Å². The number of ether oxygens (including phenoxy) is 1. The van der Waals surface area contributed by atoms with Gasteiger partial charge in [0.25, 0.3) is 0 Å². The van der Waals surface area contributed by atoms with Gasteiger partial charge in [-0.05, 0) is 23.6 Å². The summed E-state index contributed by atoms with van der Waals surface area (Å²) >= 11 is 0. The standard InChI is InChI=1S/C19H32N2O3/c1-5-7-16-10-15(11-21-19(23)6-2)8-9-18(16)24-13-17(22)12-20-14(3)4/h8-10,14,17,20,22H,5-7,11-13H2,1-4H3,(H,21,23). The normalized spacial score (nSPS) is 12.2. The molecule has 0 saturated heterocycles. The Morgan fingerprint density at radius 1 is 1.29 bits per heavy atom. The lowest BCUT2D eigenvalue weighted by Gasteiger charge is -2.17. The lowest BCUT2D eigenvalue weighted by atomic mass is 10.1. The average molecular weight is 336 g/mol. The summed E-state index contributed by atoms with van der Waals surface area (Å²) in [5.41, 5.74) is 2.18. The first-order valence-electron chi connectivity index (χ1n) is 8.89. The van der Waals surface area contributed by atoms with Crippen LogP contribution in [0.1, 0.15) is 51.7 Å². The van der Waals surface area contributed by atoms with Crippen LogP contribution in [0.5, 0.6) is 5.75 Å². The monoisotopic (exact) mass is 336 g/mol. The molecule has 1 aromatic carbocycles. The molecular formula is C19H32N2O3. The molecule has 0 fully saturated rings. The van der Waals surface area contributed by atoms with Crippen LogP contribution in [-0.2, 0) is 17.8 Å². The first-order chi connectivity index (χ1) is 11.5. The summed E-state index contributed by atoms with van der Waals surface area (Å²) in [4.78, 5) is 11.4. The van der Waals surface area contributed by atoms with Gasteiger partial charge in [0, 0.05) is 25.6 Å². The van der Waals surface area contributed by atoms with Gasteiger partial charge in [-0.2, -0.15) is 0 Å². The van der Waals surface area contributed by atoms with E-state index in [2.05, 4.69) is 23.6 Å². The van der Waals surface area contributed by atoms with E-state index in [1.807, 2.05) is 32.9 Å². The molecule has 0 heterocycles. The van der Waals surface area contributed by atoms with E-state index in [9.17, 15) is 9.90 Å². The Labute approximate surface area is 145 Å². The lowest BCUT2D eigenvalue weighted by molar-refractivity contribution is -0.120. The van der Waals surface area contributed by atoms with E-state index < -0.39 is 6.10 Å². The predicted octanol–water partition coefficient (Wildman–Crippen LogP) is 2.40. The van der Waals surface area contributed by atoms with Crippen LogP contribution in [0.3, 0.4) is 0 Å². The highest BCUT2D eigenvalue weighted by atomic mass is 16.5. The first-order valence-corrected chi connectivity index (χ1v) is 8.89. The summed E-state index contributed by atoms with van der Waals surface area (Å²) in [5, 5.41) is 16.1. The van der Waals surface area contributed by atoms with Crippen molar-refractivity contribution >= 4 is 5.91 Å². The maximum atomic E-state index is 11.4. The molecule has 0 radical (unpaired) electrons. The molecule has 1 unspecified atom stereocenters. The van der Waals surface area contributed by atoms with Crippen molar-refractivity contribution < 1.29 is 14.6 Å². The molecule has 136 valence electrons. The fourth-order valence-electron chi connectivity index (χ4n) is 2.29. The van der Waals surface area contributed by atoms with Crippen LogP contribution in [0, 0.1) is 0 Å². The van der Waals surface area contributed by atoms with Crippen molar-refractivity contribution in [2.45, 2.75) is 65.6 Å². The van der Waals surface area contributed by atoms with Crippen molar-refractivity contribution in [1.29, 1.82) is 0 Å². The molecule has 0 saturated carbocycles. The van der Waals surface area contributed by atoms with Crippen LogP contribution in [-0.4, -0.2) is 36.3 Å². The van der Waals surface area contributed by atoms with Crippen LogP contribution >= 0.6 is 0 Å². The van der Waals surface area contributed by atoms with Crippen LogP contribution in [0.25, 0.3) is 0 Å². The van der Waals surface area contributed by atoms with Gasteiger partial charge >= 0.3 is 0 Å². The van der Waals surface area contributed by atoms with Crippen LogP contribution in [0.15, 0.2) is 18.2 Å². The number of rotatable bonds is 11. The molecule has 0 spiro atoms. The number of aliphatic hydroxyl groups is 1. The molecular weight excluding hydrogens is 304 g/mol. The Morgan fingerprint density at radius 2 is 2.04 bits per heavy atom. The smallest absolute Gasteiger partial charge is 0.219 e. The van der Waals surface area contributed by atoms with Crippen molar-refractivity contribution in [1.82, 2.24) is 10.6 Å². The molecule has 1 aromatic rings. The van der Waals surface area contributed by atoms with Gasteiger partial charge in [-0.3, -0.25) is 4.79 Å². The SMILES string of the molecule is CCCc1cc(CNC(=O)CC)ccc1OCC(O)CNC(C)C. The van der Waals surface area contributed by atoms with E-state index >= 15 is 0 Å². The number of aliphatic hydroxyl groups excluding tert-OH is 1. The second-order valence-corrected chi connectivity index (χ2v) is 6.35. The fourth-order valence-corrected chi connectivity index (χ4v) is 2.29. The summed E-state index contributed by atoms with van der Waals surface area (Å²) in [6.45, 7) is 9.37. The Bertz CT molecular complexity index is 503. The Kier molecular flexibility index (Phi) is 9.42. The van der Waals surface area contributed by atoms with E-state index in [1.165, 1.54) is 0 Å². The van der Waals surface area contributed by atoms with Gasteiger partial charge in [-0.1, -0.05) is 46.2 Å². The highest BCUT2D eigenvalue weighted by Gasteiger charge is 2.10. The minimum absolute atomic E-state index is 0.0492. The number of amides is 1. The number of nitrogens with one attached hydrogen (secondary N) is 2. The number of benzene rings is 1. The zero-order chi connectivity index (χ0) is 17.9. The second kappa shape index (κ2) is 11.0. The van der Waals surface area contributed by atoms with Gasteiger partial charge in [-0.15, -0.1) is 0 Å². The fraction of sp³-hybridized carbons (Fsp3) is 0.632. The molecule has 0 aliphatic heterocycles. The topological polar surface area (TPSA) is 70.6 Å². The Morgan fingerprint density at radius 3 is 2.67 bits per heavy atom. The maximum Gasteiger partial charge on any atom is 0.219 e. The van der Waals surface area contributed by atoms with Crippen molar-refractivity contribution in [2.75, 3.05) is 13.2 Å². The molecule has 0 aliphatic carbocycles. The number of carbonyl (C=O) groups is 1. The molecule has 5 nitrogen and oxygen atoms in total. The maximum absolute atomic E-state index is 11.4. The summed E-state index contributed by atoms with van der Waals surface area (Å²) in [6, 6.07) is 6.31. The third-order valence-corrected chi connectivity index (χ3v) is 3.65. The first kappa shape index (κ1) is 20.5. The molecule has 1 amide bonds. The quantitative estimate of drug-likeness (QED) is 0.580. The lowest BCUT2D eigenvalue weighted by Crippen LogP contribution is -2.35. The summed E-state index contributed by atoms with van der Waals surface area (Å²) in [5.74, 6) is 0.860. The van der Waals surface area contributed by atoms with E-state index in [4.69, 9.17) is 4.74 Å². The van der Waals surface area contributed by atoms with Gasteiger partial charge in [-0.25, -0.2) is 0 Å². The number of hydrogen-bond donors (Lipinski definition) is 3. The third kappa shape index (κ3) is 7.79. The van der Waals surface area contributed by atoms with E-state index in [0.717, 1.165) is 29.7 Å². The highest BCUT2D eigenvalue weighted by Crippen LogP contribution is 2.22. The molecule has 1 rings (SSSR count). The average Bonchev–Trinajstić information content (AvgIpc) is 2.57. The van der Waals surface area contributed by atoms with E-state index in [-0.39, 0.29) is 12.5 Å². The van der Waals surface area contributed by atoms with Crippen molar-refractivity contribution in [3.05, 3.63) is 29.3 Å². The summed E-state index contributed by atoms with van der Waals surface area (Å²) in [6.07, 6.45) is 1.88. The zero-order valence-electron chi connectivity index (χ0n) is 15.4.